The summed E-state index contributed by atoms with van der Waals surface area (Å²) in [5.41, 5.74) is 6.59. The van der Waals surface area contributed by atoms with Gasteiger partial charge in [0, 0.05) is 22.7 Å². The Morgan fingerprint density at radius 1 is 1.47 bits per heavy atom. The molecule has 2 nitrogen and oxygen atoms in total. The Balaban J connectivity index is 2.42. The predicted molar refractivity (Wildman–Crippen MR) is 77.8 cm³/mol. The fraction of sp³-hybridized carbons (Fsp3) is 0.600. The molecule has 0 bridgehead atoms. The highest BCUT2D eigenvalue weighted by molar-refractivity contribution is 6.30. The molecular formula is C15H22ClFN2. The van der Waals surface area contributed by atoms with Crippen molar-refractivity contribution in [1.29, 1.82) is 0 Å². The third kappa shape index (κ3) is 3.10. The molecule has 0 saturated carbocycles. The molecule has 2 atom stereocenters. The number of rotatable bonds is 3. The Labute approximate surface area is 119 Å². The van der Waals surface area contributed by atoms with Crippen LogP contribution in [0.4, 0.5) is 4.39 Å². The second kappa shape index (κ2) is 6.21. The third-order valence-corrected chi connectivity index (χ3v) is 4.27. The van der Waals surface area contributed by atoms with E-state index in [0.717, 1.165) is 19.4 Å². The standard InChI is InChI=1S/C15H22ClFN2/c1-10(2)19-7-3-4-11(9-18)15(19)13-8-12(16)5-6-14(13)17/h5-6,8,10-11,15H,3-4,7,9,18H2,1-2H3. The second-order valence-electron chi connectivity index (χ2n) is 5.58. The molecule has 1 aromatic carbocycles. The molecule has 2 N–H and O–H groups in total. The van der Waals surface area contributed by atoms with Crippen LogP contribution in [0.5, 0.6) is 0 Å². The van der Waals surface area contributed by atoms with Crippen molar-refractivity contribution >= 4 is 11.6 Å². The molecule has 1 aliphatic rings. The van der Waals surface area contributed by atoms with Crippen LogP contribution in [0.15, 0.2) is 18.2 Å². The topological polar surface area (TPSA) is 29.3 Å². The molecule has 0 radical (unpaired) electrons. The van der Waals surface area contributed by atoms with E-state index in [-0.39, 0.29) is 11.9 Å². The molecule has 1 aliphatic heterocycles. The summed E-state index contributed by atoms with van der Waals surface area (Å²) in [4.78, 5) is 2.34. The zero-order valence-electron chi connectivity index (χ0n) is 11.6. The molecule has 0 amide bonds. The van der Waals surface area contributed by atoms with Crippen LogP contribution < -0.4 is 5.73 Å². The lowest BCUT2D eigenvalue weighted by molar-refractivity contribution is 0.0642. The van der Waals surface area contributed by atoms with Crippen molar-refractivity contribution in [2.45, 2.75) is 38.8 Å². The van der Waals surface area contributed by atoms with Crippen LogP contribution in [0.2, 0.25) is 5.02 Å². The van der Waals surface area contributed by atoms with E-state index in [4.69, 9.17) is 17.3 Å². The number of hydrogen-bond donors (Lipinski definition) is 1. The summed E-state index contributed by atoms with van der Waals surface area (Å²) in [6, 6.07) is 5.22. The monoisotopic (exact) mass is 284 g/mol. The SMILES string of the molecule is CC(C)N1CCCC(CN)C1c1cc(Cl)ccc1F. The summed E-state index contributed by atoms with van der Waals surface area (Å²) in [5, 5.41) is 0.585. The summed E-state index contributed by atoms with van der Waals surface area (Å²) in [6.45, 7) is 5.87. The summed E-state index contributed by atoms with van der Waals surface area (Å²) >= 11 is 6.04. The van der Waals surface area contributed by atoms with Crippen molar-refractivity contribution in [2.24, 2.45) is 11.7 Å². The number of nitrogens with zero attached hydrogens (tertiary/aromatic N) is 1. The van der Waals surface area contributed by atoms with Crippen molar-refractivity contribution in [2.75, 3.05) is 13.1 Å². The lowest BCUT2D eigenvalue weighted by Gasteiger charge is -2.43. The van der Waals surface area contributed by atoms with Crippen molar-refractivity contribution in [3.8, 4) is 0 Å². The zero-order valence-corrected chi connectivity index (χ0v) is 12.3. The minimum Gasteiger partial charge on any atom is -0.330 e. The number of hydrogen-bond acceptors (Lipinski definition) is 2. The van der Waals surface area contributed by atoms with Crippen LogP contribution in [0.1, 0.15) is 38.3 Å². The van der Waals surface area contributed by atoms with Gasteiger partial charge < -0.3 is 5.73 Å². The number of halogens is 2. The van der Waals surface area contributed by atoms with E-state index in [1.807, 2.05) is 0 Å². The third-order valence-electron chi connectivity index (χ3n) is 4.04. The van der Waals surface area contributed by atoms with Gasteiger partial charge >= 0.3 is 0 Å². The highest BCUT2D eigenvalue weighted by Gasteiger charge is 2.34. The number of nitrogens with two attached hydrogens (primary N) is 1. The van der Waals surface area contributed by atoms with Crippen LogP contribution >= 0.6 is 11.6 Å². The number of piperidine rings is 1. The van der Waals surface area contributed by atoms with Crippen LogP contribution in [-0.4, -0.2) is 24.0 Å². The Morgan fingerprint density at radius 2 is 2.21 bits per heavy atom. The Morgan fingerprint density at radius 3 is 2.84 bits per heavy atom. The van der Waals surface area contributed by atoms with E-state index in [1.54, 1.807) is 12.1 Å². The molecule has 2 rings (SSSR count). The summed E-state index contributed by atoms with van der Waals surface area (Å²) in [5.74, 6) is 0.115. The smallest absolute Gasteiger partial charge is 0.128 e. The average molecular weight is 285 g/mol. The molecule has 0 spiro atoms. The first-order chi connectivity index (χ1) is 9.04. The summed E-state index contributed by atoms with van der Waals surface area (Å²) in [6.07, 6.45) is 2.18. The van der Waals surface area contributed by atoms with Crippen molar-refractivity contribution in [3.05, 3.63) is 34.6 Å². The van der Waals surface area contributed by atoms with Crippen LogP contribution in [0.25, 0.3) is 0 Å². The molecule has 1 fully saturated rings. The van der Waals surface area contributed by atoms with Crippen LogP contribution in [0, 0.1) is 11.7 Å². The Bertz CT molecular complexity index is 436. The highest BCUT2D eigenvalue weighted by atomic mass is 35.5. The number of benzene rings is 1. The zero-order chi connectivity index (χ0) is 14.0. The predicted octanol–water partition coefficient (Wildman–Crippen LogP) is 3.60. The normalized spacial score (nSPS) is 24.9. The fourth-order valence-corrected chi connectivity index (χ4v) is 3.28. The first-order valence-electron chi connectivity index (χ1n) is 6.95. The van der Waals surface area contributed by atoms with Crippen LogP contribution in [-0.2, 0) is 0 Å². The lowest BCUT2D eigenvalue weighted by atomic mass is 9.83. The molecule has 1 heterocycles. The Kier molecular flexibility index (Phi) is 4.82. The van der Waals surface area contributed by atoms with Gasteiger partial charge in [0.25, 0.3) is 0 Å². The highest BCUT2D eigenvalue weighted by Crippen LogP contribution is 2.38. The maximum atomic E-state index is 14.2. The van der Waals surface area contributed by atoms with E-state index >= 15 is 0 Å². The van der Waals surface area contributed by atoms with Gasteiger partial charge in [-0.1, -0.05) is 11.6 Å². The van der Waals surface area contributed by atoms with Crippen molar-refractivity contribution in [3.63, 3.8) is 0 Å². The van der Waals surface area contributed by atoms with E-state index in [2.05, 4.69) is 18.7 Å². The minimum absolute atomic E-state index is 0.0393. The first-order valence-corrected chi connectivity index (χ1v) is 7.33. The van der Waals surface area contributed by atoms with Crippen molar-refractivity contribution < 1.29 is 4.39 Å². The fourth-order valence-electron chi connectivity index (χ4n) is 3.10. The largest absolute Gasteiger partial charge is 0.330 e. The van der Waals surface area contributed by atoms with Gasteiger partial charge in [0.05, 0.1) is 0 Å². The quantitative estimate of drug-likeness (QED) is 0.919. The molecule has 2 unspecified atom stereocenters. The van der Waals surface area contributed by atoms with E-state index < -0.39 is 0 Å². The molecule has 0 aromatic heterocycles. The van der Waals surface area contributed by atoms with E-state index in [9.17, 15) is 4.39 Å². The van der Waals surface area contributed by atoms with Gasteiger partial charge in [-0.15, -0.1) is 0 Å². The molecule has 0 aliphatic carbocycles. The molecule has 4 heteroatoms. The van der Waals surface area contributed by atoms with Gasteiger partial charge in [-0.3, -0.25) is 4.90 Å². The minimum atomic E-state index is -0.180. The summed E-state index contributed by atoms with van der Waals surface area (Å²) in [7, 11) is 0. The van der Waals surface area contributed by atoms with Gasteiger partial charge in [-0.2, -0.15) is 0 Å². The van der Waals surface area contributed by atoms with Crippen molar-refractivity contribution in [1.82, 2.24) is 4.90 Å². The maximum Gasteiger partial charge on any atom is 0.128 e. The second-order valence-corrected chi connectivity index (χ2v) is 6.02. The van der Waals surface area contributed by atoms with Gasteiger partial charge in [0.2, 0.25) is 0 Å². The van der Waals surface area contributed by atoms with Crippen LogP contribution in [0.3, 0.4) is 0 Å². The number of likely N-dealkylation sites (tertiary alicyclic amines) is 1. The van der Waals surface area contributed by atoms with Gasteiger partial charge in [-0.05, 0) is 63.9 Å². The summed E-state index contributed by atoms with van der Waals surface area (Å²) < 4.78 is 14.2. The maximum absolute atomic E-state index is 14.2. The van der Waals surface area contributed by atoms with Gasteiger partial charge in [-0.25, -0.2) is 4.39 Å². The molecular weight excluding hydrogens is 263 g/mol. The van der Waals surface area contributed by atoms with E-state index in [0.29, 0.717) is 29.1 Å². The van der Waals surface area contributed by atoms with E-state index in [1.165, 1.54) is 6.07 Å². The lowest BCUT2D eigenvalue weighted by Crippen LogP contribution is -2.45. The van der Waals surface area contributed by atoms with Gasteiger partial charge in [0.15, 0.2) is 0 Å². The Hall–Kier alpha value is -0.640. The van der Waals surface area contributed by atoms with Gasteiger partial charge in [0.1, 0.15) is 5.82 Å². The molecule has 106 valence electrons. The molecule has 1 saturated heterocycles. The molecule has 1 aromatic rings. The first kappa shape index (κ1) is 14.8. The average Bonchev–Trinajstić information content (AvgIpc) is 2.40. The molecule has 19 heavy (non-hydrogen) atoms.